The van der Waals surface area contributed by atoms with Crippen molar-refractivity contribution in [3.05, 3.63) is 0 Å². The van der Waals surface area contributed by atoms with Crippen LogP contribution in [0.25, 0.3) is 0 Å². The summed E-state index contributed by atoms with van der Waals surface area (Å²) >= 11 is 2.09. The zero-order chi connectivity index (χ0) is 15.8. The molecule has 23 heavy (non-hydrogen) atoms. The van der Waals surface area contributed by atoms with Crippen LogP contribution in [0.1, 0.15) is 46.0 Å². The zero-order valence-corrected chi connectivity index (χ0v) is 18.2. The van der Waals surface area contributed by atoms with Crippen LogP contribution in [0.2, 0.25) is 0 Å². The summed E-state index contributed by atoms with van der Waals surface area (Å²) in [5.74, 6) is 2.92. The maximum atomic E-state index is 4.37. The van der Waals surface area contributed by atoms with E-state index in [1.165, 1.54) is 57.5 Å². The second kappa shape index (κ2) is 11.0. The molecule has 0 aromatic carbocycles. The molecule has 6 heteroatoms. The second-order valence-electron chi connectivity index (χ2n) is 7.18. The normalized spacial score (nSPS) is 27.3. The standard InChI is InChI=1S/C17H34N4S.HI/c1-15(13-21-9-5-4-6-10-21)12-19-16(18-3)20-14-17(2)8-7-11-22-17;/h15H,4-14H2,1-3H3,(H2,18,19,20);1H. The highest BCUT2D eigenvalue weighted by molar-refractivity contribution is 14.0. The lowest BCUT2D eigenvalue weighted by Gasteiger charge is -2.29. The minimum absolute atomic E-state index is 0. The molecule has 4 nitrogen and oxygen atoms in total. The molecule has 0 saturated carbocycles. The van der Waals surface area contributed by atoms with Crippen LogP contribution < -0.4 is 10.6 Å². The summed E-state index contributed by atoms with van der Waals surface area (Å²) in [5.41, 5.74) is 0. The number of rotatable bonds is 6. The predicted molar refractivity (Wildman–Crippen MR) is 114 cm³/mol. The SMILES string of the molecule is CN=C(NCC(C)CN1CCCCC1)NCC1(C)CCCS1.I. The Kier molecular flexibility index (Phi) is 10.2. The van der Waals surface area contributed by atoms with Crippen LogP contribution in [-0.4, -0.2) is 61.1 Å². The number of nitrogens with one attached hydrogen (secondary N) is 2. The van der Waals surface area contributed by atoms with Crippen molar-refractivity contribution in [3.8, 4) is 0 Å². The van der Waals surface area contributed by atoms with Crippen molar-refractivity contribution in [3.63, 3.8) is 0 Å². The molecule has 0 spiro atoms. The lowest BCUT2D eigenvalue weighted by molar-refractivity contribution is 0.201. The highest BCUT2D eigenvalue weighted by Gasteiger charge is 2.29. The fourth-order valence-corrected chi connectivity index (χ4v) is 4.63. The number of likely N-dealkylation sites (tertiary alicyclic amines) is 1. The molecule has 2 N–H and O–H groups in total. The Morgan fingerprint density at radius 2 is 1.96 bits per heavy atom. The molecular weight excluding hydrogens is 419 g/mol. The fourth-order valence-electron chi connectivity index (χ4n) is 3.39. The summed E-state index contributed by atoms with van der Waals surface area (Å²) in [5, 5.41) is 7.02. The highest BCUT2D eigenvalue weighted by Crippen LogP contribution is 2.36. The van der Waals surface area contributed by atoms with Crippen molar-refractivity contribution >= 4 is 41.7 Å². The third-order valence-corrected chi connectivity index (χ3v) is 6.33. The summed E-state index contributed by atoms with van der Waals surface area (Å²) in [7, 11) is 1.87. The van der Waals surface area contributed by atoms with Crippen LogP contribution in [0.15, 0.2) is 4.99 Å². The zero-order valence-electron chi connectivity index (χ0n) is 15.1. The average Bonchev–Trinajstić information content (AvgIpc) is 2.95. The van der Waals surface area contributed by atoms with Crippen molar-refractivity contribution in [1.82, 2.24) is 15.5 Å². The number of hydrogen-bond acceptors (Lipinski definition) is 3. The Bertz CT molecular complexity index is 353. The van der Waals surface area contributed by atoms with Gasteiger partial charge >= 0.3 is 0 Å². The van der Waals surface area contributed by atoms with Crippen LogP contribution in [-0.2, 0) is 0 Å². The number of piperidine rings is 1. The van der Waals surface area contributed by atoms with Gasteiger partial charge in [-0.1, -0.05) is 13.3 Å². The van der Waals surface area contributed by atoms with Gasteiger partial charge in [0.25, 0.3) is 0 Å². The average molecular weight is 454 g/mol. The topological polar surface area (TPSA) is 39.7 Å². The van der Waals surface area contributed by atoms with Gasteiger partial charge in [-0.3, -0.25) is 4.99 Å². The van der Waals surface area contributed by atoms with Gasteiger partial charge in [0.2, 0.25) is 0 Å². The third kappa shape index (κ3) is 7.82. The van der Waals surface area contributed by atoms with Crippen molar-refractivity contribution in [2.24, 2.45) is 10.9 Å². The van der Waals surface area contributed by atoms with Crippen LogP contribution in [0, 0.1) is 5.92 Å². The van der Waals surface area contributed by atoms with Gasteiger partial charge in [0.1, 0.15) is 0 Å². The smallest absolute Gasteiger partial charge is 0.191 e. The first-order valence-corrected chi connectivity index (χ1v) is 9.91. The number of halogens is 1. The molecule has 0 aromatic heterocycles. The van der Waals surface area contributed by atoms with Gasteiger partial charge in [-0.15, -0.1) is 24.0 Å². The van der Waals surface area contributed by atoms with E-state index in [1.807, 2.05) is 7.05 Å². The third-order valence-electron chi connectivity index (χ3n) is 4.79. The molecule has 2 rings (SSSR count). The predicted octanol–water partition coefficient (Wildman–Crippen LogP) is 3.18. The summed E-state index contributed by atoms with van der Waals surface area (Å²) in [6.45, 7) is 10.5. The molecule has 136 valence electrons. The van der Waals surface area contributed by atoms with Crippen molar-refractivity contribution in [2.45, 2.75) is 50.7 Å². The Balaban J connectivity index is 0.00000264. The fraction of sp³-hybridized carbons (Fsp3) is 0.941. The Labute approximate surface area is 164 Å². The number of thioether (sulfide) groups is 1. The molecule has 0 amide bonds. The molecule has 2 atom stereocenters. The van der Waals surface area contributed by atoms with E-state index in [1.54, 1.807) is 0 Å². The second-order valence-corrected chi connectivity index (χ2v) is 8.86. The van der Waals surface area contributed by atoms with Gasteiger partial charge in [-0.05, 0) is 57.4 Å². The van der Waals surface area contributed by atoms with E-state index in [2.05, 4.69) is 46.1 Å². The van der Waals surface area contributed by atoms with Gasteiger partial charge in [-0.25, -0.2) is 0 Å². The summed E-state index contributed by atoms with van der Waals surface area (Å²) < 4.78 is 0.386. The Morgan fingerprint density at radius 1 is 1.22 bits per heavy atom. The molecule has 0 radical (unpaired) electrons. The maximum Gasteiger partial charge on any atom is 0.191 e. The molecule has 2 heterocycles. The van der Waals surface area contributed by atoms with Crippen molar-refractivity contribution < 1.29 is 0 Å². The molecule has 0 aliphatic carbocycles. The van der Waals surface area contributed by atoms with Gasteiger partial charge in [-0.2, -0.15) is 11.8 Å². The van der Waals surface area contributed by atoms with Gasteiger partial charge in [0.05, 0.1) is 0 Å². The Morgan fingerprint density at radius 3 is 2.57 bits per heavy atom. The van der Waals surface area contributed by atoms with E-state index in [-0.39, 0.29) is 24.0 Å². The van der Waals surface area contributed by atoms with E-state index in [0.29, 0.717) is 10.7 Å². The van der Waals surface area contributed by atoms with Crippen LogP contribution in [0.4, 0.5) is 0 Å². The quantitative estimate of drug-likeness (QED) is 0.368. The van der Waals surface area contributed by atoms with Crippen LogP contribution >= 0.6 is 35.7 Å². The lowest BCUT2D eigenvalue weighted by Crippen LogP contribution is -2.46. The lowest BCUT2D eigenvalue weighted by atomic mass is 10.1. The minimum atomic E-state index is 0. The maximum absolute atomic E-state index is 4.37. The first kappa shape index (κ1) is 21.4. The van der Waals surface area contributed by atoms with Crippen molar-refractivity contribution in [1.29, 1.82) is 0 Å². The number of guanidine groups is 1. The molecule has 2 aliphatic rings. The molecule has 2 saturated heterocycles. The van der Waals surface area contributed by atoms with Gasteiger partial charge in [0.15, 0.2) is 5.96 Å². The molecular formula is C17H35IN4S. The number of hydrogen-bond donors (Lipinski definition) is 2. The molecule has 2 fully saturated rings. The summed E-state index contributed by atoms with van der Waals surface area (Å²) in [4.78, 5) is 6.98. The summed E-state index contributed by atoms with van der Waals surface area (Å²) in [6, 6.07) is 0. The monoisotopic (exact) mass is 454 g/mol. The molecule has 0 aromatic rings. The van der Waals surface area contributed by atoms with E-state index >= 15 is 0 Å². The van der Waals surface area contributed by atoms with E-state index in [0.717, 1.165) is 19.0 Å². The van der Waals surface area contributed by atoms with Gasteiger partial charge in [0, 0.05) is 31.4 Å². The van der Waals surface area contributed by atoms with Crippen LogP contribution in [0.3, 0.4) is 0 Å². The van der Waals surface area contributed by atoms with E-state index in [4.69, 9.17) is 0 Å². The van der Waals surface area contributed by atoms with Crippen molar-refractivity contribution in [2.75, 3.05) is 45.5 Å². The van der Waals surface area contributed by atoms with Gasteiger partial charge < -0.3 is 15.5 Å². The first-order valence-electron chi connectivity index (χ1n) is 8.92. The minimum Gasteiger partial charge on any atom is -0.356 e. The number of aliphatic imine (C=N–C) groups is 1. The molecule has 2 aliphatic heterocycles. The highest BCUT2D eigenvalue weighted by atomic mass is 127. The molecule has 0 bridgehead atoms. The molecule has 2 unspecified atom stereocenters. The Hall–Kier alpha value is 0.310. The number of nitrogens with zero attached hydrogens (tertiary/aromatic N) is 2. The van der Waals surface area contributed by atoms with E-state index in [9.17, 15) is 0 Å². The largest absolute Gasteiger partial charge is 0.356 e. The summed E-state index contributed by atoms with van der Waals surface area (Å²) in [6.07, 6.45) is 6.82. The van der Waals surface area contributed by atoms with Crippen LogP contribution in [0.5, 0.6) is 0 Å². The first-order chi connectivity index (χ1) is 10.6. The van der Waals surface area contributed by atoms with E-state index < -0.39 is 0 Å².